The summed E-state index contributed by atoms with van der Waals surface area (Å²) in [7, 11) is 0. The van der Waals surface area contributed by atoms with Crippen LogP contribution in [0.2, 0.25) is 0 Å². The van der Waals surface area contributed by atoms with Crippen molar-refractivity contribution in [2.75, 3.05) is 24.5 Å². The van der Waals surface area contributed by atoms with Gasteiger partial charge in [0.2, 0.25) is 0 Å². The standard InChI is InChI=1S/C19H23F4N5S/c1-2-24-18(25-11-17-27-16(12-29-17)19(21,22)23)26-14-6-8-28(9-7-14)15-5-3-4-13(20)10-15/h3-5,10,12,14H,2,6-9,11H2,1H3,(H2,24,25,26). The molecule has 0 unspecified atom stereocenters. The zero-order valence-corrected chi connectivity index (χ0v) is 16.8. The molecule has 29 heavy (non-hydrogen) atoms. The average Bonchev–Trinajstić information content (AvgIpc) is 3.16. The van der Waals surface area contributed by atoms with Gasteiger partial charge >= 0.3 is 6.18 Å². The van der Waals surface area contributed by atoms with Gasteiger partial charge in [-0.25, -0.2) is 14.4 Å². The Bertz CT molecular complexity index is 828. The van der Waals surface area contributed by atoms with E-state index in [1.54, 1.807) is 6.07 Å². The van der Waals surface area contributed by atoms with E-state index in [0.29, 0.717) is 17.5 Å². The lowest BCUT2D eigenvalue weighted by atomic mass is 10.0. The number of anilines is 1. The van der Waals surface area contributed by atoms with Crippen molar-refractivity contribution >= 4 is 23.0 Å². The van der Waals surface area contributed by atoms with E-state index in [-0.39, 0.29) is 18.4 Å². The molecule has 0 atom stereocenters. The Hall–Kier alpha value is -2.36. The molecule has 0 spiro atoms. The zero-order chi connectivity index (χ0) is 20.9. The molecule has 1 aliphatic heterocycles. The SMILES string of the molecule is CCNC(=NCc1nc(C(F)(F)F)cs1)NC1CCN(c2cccc(F)c2)CC1. The summed E-state index contributed by atoms with van der Waals surface area (Å²) in [5.74, 6) is 0.306. The maximum Gasteiger partial charge on any atom is 0.434 e. The molecule has 0 aliphatic carbocycles. The highest BCUT2D eigenvalue weighted by Gasteiger charge is 2.33. The topological polar surface area (TPSA) is 52.6 Å². The van der Waals surface area contributed by atoms with Gasteiger partial charge in [0.15, 0.2) is 11.7 Å². The smallest absolute Gasteiger partial charge is 0.371 e. The van der Waals surface area contributed by atoms with Crippen molar-refractivity contribution in [1.82, 2.24) is 15.6 Å². The second-order valence-corrected chi connectivity index (χ2v) is 7.65. The summed E-state index contributed by atoms with van der Waals surface area (Å²) in [5, 5.41) is 7.78. The largest absolute Gasteiger partial charge is 0.434 e. The molecule has 10 heteroatoms. The second kappa shape index (κ2) is 9.43. The molecule has 0 saturated carbocycles. The van der Waals surface area contributed by atoms with Crippen molar-refractivity contribution in [3.63, 3.8) is 0 Å². The molecule has 2 heterocycles. The van der Waals surface area contributed by atoms with Crippen LogP contribution in [-0.2, 0) is 12.7 Å². The average molecular weight is 429 g/mol. The number of aliphatic imine (C=N–C) groups is 1. The van der Waals surface area contributed by atoms with E-state index in [4.69, 9.17) is 0 Å². The fourth-order valence-electron chi connectivity index (χ4n) is 3.13. The van der Waals surface area contributed by atoms with E-state index in [9.17, 15) is 17.6 Å². The van der Waals surface area contributed by atoms with Crippen LogP contribution >= 0.6 is 11.3 Å². The summed E-state index contributed by atoms with van der Waals surface area (Å²) in [6.07, 6.45) is -2.75. The van der Waals surface area contributed by atoms with Gasteiger partial charge in [-0.3, -0.25) is 0 Å². The highest BCUT2D eigenvalue weighted by atomic mass is 32.1. The molecule has 1 fully saturated rings. The van der Waals surface area contributed by atoms with Crippen LogP contribution in [0.25, 0.3) is 0 Å². The van der Waals surface area contributed by atoms with E-state index < -0.39 is 11.9 Å². The number of nitrogens with zero attached hydrogens (tertiary/aromatic N) is 3. The van der Waals surface area contributed by atoms with E-state index in [1.807, 2.05) is 13.0 Å². The molecule has 2 aromatic rings. The molecule has 0 amide bonds. The predicted octanol–water partition coefficient (Wildman–Crippen LogP) is 4.03. The first-order valence-corrected chi connectivity index (χ1v) is 10.3. The molecule has 1 saturated heterocycles. The zero-order valence-electron chi connectivity index (χ0n) is 16.0. The third-order valence-electron chi connectivity index (χ3n) is 4.57. The Morgan fingerprint density at radius 2 is 2.07 bits per heavy atom. The fourth-order valence-corrected chi connectivity index (χ4v) is 3.85. The van der Waals surface area contributed by atoms with Crippen molar-refractivity contribution in [2.45, 2.75) is 38.5 Å². The lowest BCUT2D eigenvalue weighted by Gasteiger charge is -2.34. The van der Waals surface area contributed by atoms with Crippen LogP contribution in [0.4, 0.5) is 23.2 Å². The van der Waals surface area contributed by atoms with E-state index in [1.165, 1.54) is 12.1 Å². The van der Waals surface area contributed by atoms with Gasteiger partial charge in [0.1, 0.15) is 10.8 Å². The van der Waals surface area contributed by atoms with Crippen molar-refractivity contribution in [3.05, 3.63) is 46.2 Å². The third kappa shape index (κ3) is 6.06. The van der Waals surface area contributed by atoms with Gasteiger partial charge in [-0.15, -0.1) is 11.3 Å². The Morgan fingerprint density at radius 1 is 1.31 bits per heavy atom. The minimum absolute atomic E-state index is 0.0816. The van der Waals surface area contributed by atoms with Gasteiger partial charge in [-0.05, 0) is 38.0 Å². The third-order valence-corrected chi connectivity index (χ3v) is 5.40. The number of hydrogen-bond donors (Lipinski definition) is 2. The predicted molar refractivity (Wildman–Crippen MR) is 107 cm³/mol. The lowest BCUT2D eigenvalue weighted by Crippen LogP contribution is -2.48. The van der Waals surface area contributed by atoms with Gasteiger partial charge in [-0.1, -0.05) is 6.07 Å². The number of guanidine groups is 1. The molecule has 1 aromatic heterocycles. The normalized spacial score (nSPS) is 16.2. The highest BCUT2D eigenvalue weighted by Crippen LogP contribution is 2.30. The first-order chi connectivity index (χ1) is 13.8. The van der Waals surface area contributed by atoms with Crippen LogP contribution in [0.15, 0.2) is 34.6 Å². The molecule has 2 N–H and O–H groups in total. The van der Waals surface area contributed by atoms with Crippen LogP contribution < -0.4 is 15.5 Å². The van der Waals surface area contributed by atoms with Gasteiger partial charge < -0.3 is 15.5 Å². The van der Waals surface area contributed by atoms with E-state index >= 15 is 0 Å². The number of nitrogens with one attached hydrogen (secondary N) is 2. The van der Waals surface area contributed by atoms with Gasteiger partial charge in [0.05, 0.1) is 6.54 Å². The van der Waals surface area contributed by atoms with Gasteiger partial charge in [-0.2, -0.15) is 13.2 Å². The van der Waals surface area contributed by atoms with Crippen LogP contribution in [0.3, 0.4) is 0 Å². The van der Waals surface area contributed by atoms with Gasteiger partial charge in [0.25, 0.3) is 0 Å². The molecular weight excluding hydrogens is 406 g/mol. The Morgan fingerprint density at radius 3 is 2.69 bits per heavy atom. The number of hydrogen-bond acceptors (Lipinski definition) is 4. The number of alkyl halides is 3. The maximum atomic E-state index is 13.4. The summed E-state index contributed by atoms with van der Waals surface area (Å²) in [6.45, 7) is 4.21. The van der Waals surface area contributed by atoms with Crippen molar-refractivity contribution < 1.29 is 17.6 Å². The van der Waals surface area contributed by atoms with Gasteiger partial charge in [0, 0.05) is 36.7 Å². The second-order valence-electron chi connectivity index (χ2n) is 6.70. The number of rotatable bonds is 5. The van der Waals surface area contributed by atoms with E-state index in [2.05, 4.69) is 25.5 Å². The van der Waals surface area contributed by atoms with Crippen LogP contribution in [0.5, 0.6) is 0 Å². The summed E-state index contributed by atoms with van der Waals surface area (Å²) < 4.78 is 51.4. The minimum atomic E-state index is -4.43. The monoisotopic (exact) mass is 429 g/mol. The Labute approximate surface area is 170 Å². The highest BCUT2D eigenvalue weighted by molar-refractivity contribution is 7.09. The maximum absolute atomic E-state index is 13.4. The van der Waals surface area contributed by atoms with Crippen molar-refractivity contribution in [3.8, 4) is 0 Å². The first-order valence-electron chi connectivity index (χ1n) is 9.42. The van der Waals surface area contributed by atoms with Crippen LogP contribution in [0, 0.1) is 5.82 Å². The molecule has 1 aromatic carbocycles. The molecule has 1 aliphatic rings. The number of benzene rings is 1. The number of halogens is 4. The van der Waals surface area contributed by atoms with Crippen molar-refractivity contribution in [1.29, 1.82) is 0 Å². The number of aromatic nitrogens is 1. The molecule has 158 valence electrons. The minimum Gasteiger partial charge on any atom is -0.371 e. The number of thiazole rings is 1. The summed E-state index contributed by atoms with van der Waals surface area (Å²) in [6, 6.07) is 6.73. The first kappa shape index (κ1) is 21.4. The number of piperidine rings is 1. The summed E-state index contributed by atoms with van der Waals surface area (Å²) in [4.78, 5) is 10.1. The quantitative estimate of drug-likeness (QED) is 0.428. The van der Waals surface area contributed by atoms with Crippen LogP contribution in [-0.4, -0.2) is 36.6 Å². The molecule has 0 bridgehead atoms. The van der Waals surface area contributed by atoms with Crippen molar-refractivity contribution in [2.24, 2.45) is 4.99 Å². The molecule has 0 radical (unpaired) electrons. The summed E-state index contributed by atoms with van der Waals surface area (Å²) in [5.41, 5.74) is -0.0105. The fraction of sp³-hybridized carbons (Fsp3) is 0.474. The Balaban J connectivity index is 1.55. The molecular formula is C19H23F4N5S. The van der Waals surface area contributed by atoms with Crippen LogP contribution in [0.1, 0.15) is 30.5 Å². The lowest BCUT2D eigenvalue weighted by molar-refractivity contribution is -0.140. The summed E-state index contributed by atoms with van der Waals surface area (Å²) >= 11 is 0.951. The molecule has 5 nitrogen and oxygen atoms in total. The molecule has 3 rings (SSSR count). The Kier molecular flexibility index (Phi) is 6.94. The van der Waals surface area contributed by atoms with E-state index in [0.717, 1.165) is 48.3 Å².